The maximum Gasteiger partial charge on any atom is 0.311 e. The summed E-state index contributed by atoms with van der Waals surface area (Å²) in [5, 5.41) is 10.00. The number of ether oxygens (including phenoxy) is 3. The van der Waals surface area contributed by atoms with Crippen LogP contribution in [0.2, 0.25) is 0 Å². The van der Waals surface area contributed by atoms with Crippen molar-refractivity contribution in [2.75, 3.05) is 51.5 Å². The third kappa shape index (κ3) is 6.30. The van der Waals surface area contributed by atoms with Crippen LogP contribution in [0, 0.1) is 18.2 Å². The highest BCUT2D eigenvalue weighted by atomic mass is 19.1. The molecule has 2 atom stereocenters. The Kier molecular flexibility index (Phi) is 9.40. The molecule has 4 heterocycles. The number of benzene rings is 2. The van der Waals surface area contributed by atoms with Crippen LogP contribution in [0.1, 0.15) is 48.4 Å². The summed E-state index contributed by atoms with van der Waals surface area (Å²) >= 11 is 0. The fourth-order valence-electron chi connectivity index (χ4n) is 7.28. The SMILES string of the molecule is COC[C@H]1N(c2cccc(-c3cccc(C)c3OCc3ccc4c(c3F)CCN(C3CCOCC3)CC4)n2)CC[C@@]1(C)C(=O)O. The molecule has 0 unspecified atom stereocenters. The van der Waals surface area contributed by atoms with Crippen LogP contribution in [0.5, 0.6) is 5.75 Å². The number of halogens is 1. The van der Waals surface area contributed by atoms with Gasteiger partial charge in [0.1, 0.15) is 24.0 Å². The van der Waals surface area contributed by atoms with Crippen LogP contribution in [0.15, 0.2) is 48.5 Å². The highest BCUT2D eigenvalue weighted by molar-refractivity contribution is 5.77. The van der Waals surface area contributed by atoms with Crippen molar-refractivity contribution in [2.45, 2.75) is 64.6 Å². The molecule has 2 fully saturated rings. The van der Waals surface area contributed by atoms with E-state index in [1.54, 1.807) is 14.0 Å². The van der Waals surface area contributed by atoms with Crippen molar-refractivity contribution < 1.29 is 28.5 Å². The fraction of sp³-hybridized carbons (Fsp3) is 0.500. The lowest BCUT2D eigenvalue weighted by molar-refractivity contribution is -0.148. The maximum atomic E-state index is 16.0. The molecule has 9 heteroatoms. The number of carboxylic acids is 1. The average Bonchev–Trinajstić information content (AvgIpc) is 3.24. The molecule has 8 nitrogen and oxygen atoms in total. The van der Waals surface area contributed by atoms with Crippen molar-refractivity contribution in [3.63, 3.8) is 0 Å². The van der Waals surface area contributed by atoms with Crippen LogP contribution in [0.4, 0.5) is 10.2 Å². The number of aliphatic carboxylic acids is 1. The zero-order valence-corrected chi connectivity index (χ0v) is 26.6. The summed E-state index contributed by atoms with van der Waals surface area (Å²) in [5.74, 6) is 0.363. The highest BCUT2D eigenvalue weighted by Gasteiger charge is 2.50. The Balaban J connectivity index is 1.22. The standard InChI is InChI=1S/C36H44FN3O5/c1-24-6-4-7-29(30-8-5-9-32(38-30)40-19-16-36(2,35(41)42)31(40)23-43-3)34(24)45-22-26-11-10-25-12-17-39(18-13-28(25)33(26)37)27-14-20-44-21-15-27/h4-11,27,31H,12-23H2,1-3H3,(H,41,42)/t31-,36-/m1/s1. The monoisotopic (exact) mass is 617 g/mol. The largest absolute Gasteiger partial charge is 0.488 e. The minimum Gasteiger partial charge on any atom is -0.488 e. The van der Waals surface area contributed by atoms with Crippen molar-refractivity contribution in [2.24, 2.45) is 5.41 Å². The van der Waals surface area contributed by atoms with E-state index in [0.717, 1.165) is 67.8 Å². The third-order valence-corrected chi connectivity index (χ3v) is 10.1. The Hall–Kier alpha value is -3.53. The predicted octanol–water partition coefficient (Wildman–Crippen LogP) is 5.67. The minimum absolute atomic E-state index is 0.110. The average molecular weight is 618 g/mol. The van der Waals surface area contributed by atoms with E-state index in [9.17, 15) is 9.90 Å². The lowest BCUT2D eigenvalue weighted by atomic mass is 9.83. The van der Waals surface area contributed by atoms with Crippen molar-refractivity contribution >= 4 is 11.8 Å². The Labute approximate surface area is 265 Å². The second kappa shape index (κ2) is 13.4. The van der Waals surface area contributed by atoms with Gasteiger partial charge in [0.05, 0.1) is 23.8 Å². The molecule has 2 saturated heterocycles. The van der Waals surface area contributed by atoms with Crippen LogP contribution in [-0.4, -0.2) is 79.6 Å². The number of nitrogens with zero attached hydrogens (tertiary/aromatic N) is 3. The maximum absolute atomic E-state index is 16.0. The molecule has 2 aromatic carbocycles. The summed E-state index contributed by atoms with van der Waals surface area (Å²) in [7, 11) is 1.59. The van der Waals surface area contributed by atoms with Gasteiger partial charge in [0, 0.05) is 57.1 Å². The van der Waals surface area contributed by atoms with Gasteiger partial charge in [-0.1, -0.05) is 30.3 Å². The van der Waals surface area contributed by atoms with Gasteiger partial charge in [0.25, 0.3) is 0 Å². The number of para-hydroxylation sites is 1. The lowest BCUT2D eigenvalue weighted by Crippen LogP contribution is -2.46. The smallest absolute Gasteiger partial charge is 0.311 e. The van der Waals surface area contributed by atoms with Gasteiger partial charge in [-0.3, -0.25) is 9.69 Å². The molecule has 3 aliphatic rings. The van der Waals surface area contributed by atoms with Crippen LogP contribution >= 0.6 is 0 Å². The molecule has 1 N–H and O–H groups in total. The van der Waals surface area contributed by atoms with Crippen molar-refractivity contribution in [3.05, 3.63) is 76.6 Å². The van der Waals surface area contributed by atoms with Gasteiger partial charge in [-0.25, -0.2) is 9.37 Å². The summed E-state index contributed by atoms with van der Waals surface area (Å²) in [6.07, 6.45) is 4.13. The Bertz CT molecular complexity index is 1530. The Morgan fingerprint density at radius 2 is 1.87 bits per heavy atom. The summed E-state index contributed by atoms with van der Waals surface area (Å²) in [6, 6.07) is 15.8. The first-order valence-corrected chi connectivity index (χ1v) is 16.1. The van der Waals surface area contributed by atoms with Gasteiger partial charge >= 0.3 is 5.97 Å². The van der Waals surface area contributed by atoms with E-state index in [1.807, 2.05) is 54.3 Å². The van der Waals surface area contributed by atoms with E-state index in [2.05, 4.69) is 11.0 Å². The van der Waals surface area contributed by atoms with E-state index in [0.29, 0.717) is 48.3 Å². The molecule has 3 aromatic rings. The topological polar surface area (TPSA) is 84.4 Å². The van der Waals surface area contributed by atoms with Gasteiger partial charge in [-0.2, -0.15) is 0 Å². The normalized spacial score (nSPS) is 22.7. The number of fused-ring (bicyclic) bond motifs is 1. The molecule has 240 valence electrons. The molecule has 45 heavy (non-hydrogen) atoms. The van der Waals surface area contributed by atoms with Gasteiger partial charge in [-0.15, -0.1) is 0 Å². The fourth-order valence-corrected chi connectivity index (χ4v) is 7.28. The number of pyridine rings is 1. The number of rotatable bonds is 9. The van der Waals surface area contributed by atoms with Crippen molar-refractivity contribution in [3.8, 4) is 17.0 Å². The van der Waals surface area contributed by atoms with Gasteiger partial charge in [0.15, 0.2) is 0 Å². The number of methoxy groups -OCH3 is 1. The molecule has 0 aliphatic carbocycles. The molecule has 3 aliphatic heterocycles. The molecule has 0 spiro atoms. The number of carbonyl (C=O) groups is 1. The van der Waals surface area contributed by atoms with E-state index in [4.69, 9.17) is 19.2 Å². The highest BCUT2D eigenvalue weighted by Crippen LogP contribution is 2.41. The van der Waals surface area contributed by atoms with Gasteiger partial charge in [0.2, 0.25) is 0 Å². The molecular formula is C36H44FN3O5. The zero-order valence-electron chi connectivity index (χ0n) is 26.6. The Morgan fingerprint density at radius 1 is 1.09 bits per heavy atom. The first kappa shape index (κ1) is 31.5. The number of hydrogen-bond donors (Lipinski definition) is 1. The summed E-state index contributed by atoms with van der Waals surface area (Å²) in [4.78, 5) is 21.7. The number of hydrogen-bond acceptors (Lipinski definition) is 7. The molecule has 6 rings (SSSR count). The lowest BCUT2D eigenvalue weighted by Gasteiger charge is -2.33. The Morgan fingerprint density at radius 3 is 2.64 bits per heavy atom. The molecule has 1 aromatic heterocycles. The number of aromatic nitrogens is 1. The van der Waals surface area contributed by atoms with Gasteiger partial charge < -0.3 is 24.2 Å². The minimum atomic E-state index is -0.938. The molecule has 0 amide bonds. The quantitative estimate of drug-likeness (QED) is 0.329. The van der Waals surface area contributed by atoms with Crippen LogP contribution in [0.25, 0.3) is 11.3 Å². The van der Waals surface area contributed by atoms with Gasteiger partial charge in [-0.05, 0) is 80.8 Å². The van der Waals surface area contributed by atoms with Crippen molar-refractivity contribution in [1.82, 2.24) is 9.88 Å². The van der Waals surface area contributed by atoms with Crippen molar-refractivity contribution in [1.29, 1.82) is 0 Å². The van der Waals surface area contributed by atoms with Crippen LogP contribution < -0.4 is 9.64 Å². The van der Waals surface area contributed by atoms with Crippen LogP contribution in [0.3, 0.4) is 0 Å². The number of aryl methyl sites for hydroxylation is 1. The van der Waals surface area contributed by atoms with E-state index < -0.39 is 11.4 Å². The molecular weight excluding hydrogens is 573 g/mol. The second-order valence-corrected chi connectivity index (χ2v) is 12.8. The first-order valence-electron chi connectivity index (χ1n) is 16.1. The van der Waals surface area contributed by atoms with Crippen LogP contribution in [-0.2, 0) is 33.7 Å². The first-order chi connectivity index (χ1) is 21.8. The van der Waals surface area contributed by atoms with E-state index >= 15 is 4.39 Å². The van der Waals surface area contributed by atoms with E-state index in [1.165, 1.54) is 0 Å². The molecule has 0 saturated carbocycles. The zero-order chi connectivity index (χ0) is 31.6. The molecule has 0 bridgehead atoms. The second-order valence-electron chi connectivity index (χ2n) is 12.8. The third-order valence-electron chi connectivity index (χ3n) is 10.1. The number of carboxylic acid groups (broad SMARTS) is 1. The summed E-state index contributed by atoms with van der Waals surface area (Å²) < 4.78 is 33.4. The predicted molar refractivity (Wildman–Crippen MR) is 171 cm³/mol. The summed E-state index contributed by atoms with van der Waals surface area (Å²) in [6.45, 7) is 8.14. The molecule has 0 radical (unpaired) electrons. The summed E-state index contributed by atoms with van der Waals surface area (Å²) in [5.41, 5.74) is 3.97. The number of anilines is 1. The van der Waals surface area contributed by atoms with E-state index in [-0.39, 0.29) is 25.1 Å².